The first kappa shape index (κ1) is 17.8. The zero-order valence-electron chi connectivity index (χ0n) is 13.8. The second-order valence-electron chi connectivity index (χ2n) is 6.21. The molecular weight excluding hydrogens is 328 g/mol. The zero-order valence-corrected chi connectivity index (χ0v) is 13.8. The summed E-state index contributed by atoms with van der Waals surface area (Å²) >= 11 is 0. The highest BCUT2D eigenvalue weighted by atomic mass is 16.5. The summed E-state index contributed by atoms with van der Waals surface area (Å²) in [7, 11) is 0. The van der Waals surface area contributed by atoms with Crippen LogP contribution in [0.25, 0.3) is 0 Å². The van der Waals surface area contributed by atoms with Gasteiger partial charge in [-0.2, -0.15) is 10.5 Å². The highest BCUT2D eigenvalue weighted by Crippen LogP contribution is 2.30. The van der Waals surface area contributed by atoms with Crippen molar-refractivity contribution in [2.75, 3.05) is 17.2 Å². The molecule has 2 aromatic rings. The molecule has 1 unspecified atom stereocenters. The summed E-state index contributed by atoms with van der Waals surface area (Å²) in [5, 5.41) is 35.6. The van der Waals surface area contributed by atoms with Crippen LogP contribution in [0, 0.1) is 22.7 Å². The smallest absolute Gasteiger partial charge is 0.414 e. The van der Waals surface area contributed by atoms with Crippen LogP contribution < -0.4 is 10.6 Å². The maximum absolute atomic E-state index is 11.7. The van der Waals surface area contributed by atoms with E-state index in [1.807, 2.05) is 6.07 Å². The number of nitrogens with two attached hydrogens (primary N) is 1. The van der Waals surface area contributed by atoms with Gasteiger partial charge in [-0.3, -0.25) is 0 Å². The number of nitriles is 2. The van der Waals surface area contributed by atoms with Crippen LogP contribution >= 0.6 is 0 Å². The van der Waals surface area contributed by atoms with Crippen molar-refractivity contribution in [2.24, 2.45) is 0 Å². The van der Waals surface area contributed by atoms with Crippen molar-refractivity contribution in [1.82, 2.24) is 10.3 Å². The van der Waals surface area contributed by atoms with Crippen LogP contribution in [0.1, 0.15) is 32.2 Å². The maximum atomic E-state index is 11.7. The second kappa shape index (κ2) is 6.17. The van der Waals surface area contributed by atoms with E-state index in [4.69, 9.17) is 20.0 Å². The first-order chi connectivity index (χ1) is 11.6. The van der Waals surface area contributed by atoms with E-state index in [9.17, 15) is 15.2 Å². The fraction of sp³-hybridized carbons (Fsp3) is 0.400. The maximum Gasteiger partial charge on any atom is 0.414 e. The van der Waals surface area contributed by atoms with E-state index in [0.717, 1.165) is 4.90 Å². The predicted molar refractivity (Wildman–Crippen MR) is 84.4 cm³/mol. The predicted octanol–water partition coefficient (Wildman–Crippen LogP) is 2.01. The number of nitrogen functional groups attached to an aromatic ring is 1. The minimum atomic E-state index is -1.35. The largest absolute Gasteiger partial charge is 0.465 e. The van der Waals surface area contributed by atoms with Crippen LogP contribution in [0.15, 0.2) is 21.2 Å². The molecule has 0 spiro atoms. The Balaban J connectivity index is 2.38. The molecule has 0 aromatic carbocycles. The standard InChI is InChI=1S/C15H16N6O4/c1-14(2,6-16)9-5-12(25-19-9)21(13(22)23)8-15(3,7-17)10-4-11(18)24-20-10/h4-5H,8,18H2,1-3H3,(H,22,23). The molecule has 0 bridgehead atoms. The normalized spacial score (nSPS) is 13.5. The summed E-state index contributed by atoms with van der Waals surface area (Å²) in [4.78, 5) is 12.5. The first-order valence-corrected chi connectivity index (χ1v) is 7.16. The van der Waals surface area contributed by atoms with Crippen molar-refractivity contribution in [1.29, 1.82) is 10.5 Å². The molecule has 2 rings (SSSR count). The number of hydrogen-bond donors (Lipinski definition) is 2. The summed E-state index contributed by atoms with van der Waals surface area (Å²) in [5.74, 6) is -0.0974. The minimum Gasteiger partial charge on any atom is -0.465 e. The fourth-order valence-corrected chi connectivity index (χ4v) is 2.02. The molecule has 10 nitrogen and oxygen atoms in total. The summed E-state index contributed by atoms with van der Waals surface area (Å²) in [6, 6.07) is 6.77. The van der Waals surface area contributed by atoms with E-state index < -0.39 is 16.9 Å². The average Bonchev–Trinajstić information content (AvgIpc) is 3.21. The Hall–Kier alpha value is -3.53. The summed E-state index contributed by atoms with van der Waals surface area (Å²) in [5.41, 5.74) is 3.65. The van der Waals surface area contributed by atoms with Crippen LogP contribution in [0.4, 0.5) is 16.6 Å². The quantitative estimate of drug-likeness (QED) is 0.824. The van der Waals surface area contributed by atoms with E-state index in [0.29, 0.717) is 0 Å². The van der Waals surface area contributed by atoms with Gasteiger partial charge in [0.2, 0.25) is 11.8 Å². The molecule has 0 saturated carbocycles. The van der Waals surface area contributed by atoms with Crippen LogP contribution in [0.5, 0.6) is 0 Å². The molecule has 0 radical (unpaired) electrons. The van der Waals surface area contributed by atoms with E-state index >= 15 is 0 Å². The van der Waals surface area contributed by atoms with Crippen LogP contribution in [0.3, 0.4) is 0 Å². The lowest BCUT2D eigenvalue weighted by molar-refractivity contribution is 0.198. The number of nitrogens with zero attached hydrogens (tertiary/aromatic N) is 5. The molecule has 0 fully saturated rings. The van der Waals surface area contributed by atoms with Gasteiger partial charge in [0, 0.05) is 12.1 Å². The molecule has 130 valence electrons. The molecule has 2 aromatic heterocycles. The molecule has 0 aliphatic heterocycles. The molecule has 0 saturated heterocycles. The average molecular weight is 344 g/mol. The van der Waals surface area contributed by atoms with Gasteiger partial charge in [-0.25, -0.2) is 9.69 Å². The second-order valence-corrected chi connectivity index (χ2v) is 6.21. The molecular formula is C15H16N6O4. The van der Waals surface area contributed by atoms with Crippen LogP contribution in [-0.4, -0.2) is 28.1 Å². The number of hydrogen-bond acceptors (Lipinski definition) is 8. The Labute approximate surface area is 143 Å². The number of carbonyl (C=O) groups is 1. The van der Waals surface area contributed by atoms with Gasteiger partial charge < -0.3 is 19.9 Å². The number of amides is 1. The Kier molecular flexibility index (Phi) is 4.40. The van der Waals surface area contributed by atoms with Gasteiger partial charge in [0.25, 0.3) is 0 Å². The lowest BCUT2D eigenvalue weighted by atomic mass is 9.88. The van der Waals surface area contributed by atoms with Gasteiger partial charge in [-0.05, 0) is 20.8 Å². The SMILES string of the molecule is CC(C)(C#N)c1cc(N(CC(C)(C#N)c2cc(N)on2)C(=O)O)on1. The van der Waals surface area contributed by atoms with Crippen molar-refractivity contribution in [3.63, 3.8) is 0 Å². The number of carboxylic acid groups (broad SMARTS) is 1. The van der Waals surface area contributed by atoms with Gasteiger partial charge in [0.15, 0.2) is 0 Å². The summed E-state index contributed by atoms with van der Waals surface area (Å²) in [6.45, 7) is 4.44. The van der Waals surface area contributed by atoms with Crippen molar-refractivity contribution >= 4 is 17.9 Å². The Morgan fingerprint density at radius 3 is 2.36 bits per heavy atom. The lowest BCUT2D eigenvalue weighted by Gasteiger charge is -2.24. The Morgan fingerprint density at radius 2 is 1.88 bits per heavy atom. The van der Waals surface area contributed by atoms with Gasteiger partial charge in [-0.15, -0.1) is 0 Å². The molecule has 1 atom stereocenters. The number of aromatic nitrogens is 2. The van der Waals surface area contributed by atoms with E-state index in [-0.39, 0.29) is 29.7 Å². The topological polar surface area (TPSA) is 166 Å². The Bertz CT molecular complexity index is 871. The number of rotatable bonds is 5. The van der Waals surface area contributed by atoms with Crippen molar-refractivity contribution in [3.8, 4) is 12.1 Å². The minimum absolute atomic E-state index is 0.0103. The van der Waals surface area contributed by atoms with Crippen molar-refractivity contribution in [2.45, 2.75) is 31.6 Å². The molecule has 3 N–H and O–H groups in total. The lowest BCUT2D eigenvalue weighted by Crippen LogP contribution is -2.41. The third-order valence-electron chi connectivity index (χ3n) is 3.73. The summed E-state index contributed by atoms with van der Waals surface area (Å²) in [6.07, 6.45) is -1.35. The summed E-state index contributed by atoms with van der Waals surface area (Å²) < 4.78 is 9.84. The van der Waals surface area contributed by atoms with E-state index in [1.165, 1.54) is 19.1 Å². The van der Waals surface area contributed by atoms with Crippen molar-refractivity contribution < 1.29 is 18.9 Å². The van der Waals surface area contributed by atoms with Gasteiger partial charge >= 0.3 is 6.09 Å². The monoisotopic (exact) mass is 344 g/mol. The molecule has 0 aliphatic carbocycles. The van der Waals surface area contributed by atoms with Crippen molar-refractivity contribution in [3.05, 3.63) is 23.5 Å². The highest BCUT2D eigenvalue weighted by molar-refractivity contribution is 5.84. The molecule has 25 heavy (non-hydrogen) atoms. The van der Waals surface area contributed by atoms with Gasteiger partial charge in [-0.1, -0.05) is 10.3 Å². The first-order valence-electron chi connectivity index (χ1n) is 7.16. The van der Waals surface area contributed by atoms with E-state index in [1.54, 1.807) is 13.8 Å². The molecule has 1 amide bonds. The zero-order chi connectivity index (χ0) is 18.8. The fourth-order valence-electron chi connectivity index (χ4n) is 2.02. The van der Waals surface area contributed by atoms with Gasteiger partial charge in [0.1, 0.15) is 16.8 Å². The van der Waals surface area contributed by atoms with Gasteiger partial charge in [0.05, 0.1) is 24.1 Å². The van der Waals surface area contributed by atoms with Crippen LogP contribution in [-0.2, 0) is 10.8 Å². The Morgan fingerprint density at radius 1 is 1.24 bits per heavy atom. The number of anilines is 2. The van der Waals surface area contributed by atoms with Crippen LogP contribution in [0.2, 0.25) is 0 Å². The third-order valence-corrected chi connectivity index (χ3v) is 3.73. The van der Waals surface area contributed by atoms with E-state index in [2.05, 4.69) is 16.4 Å². The molecule has 2 heterocycles. The third kappa shape index (κ3) is 3.38. The highest BCUT2D eigenvalue weighted by Gasteiger charge is 2.37. The molecule has 10 heteroatoms. The molecule has 0 aliphatic rings.